The van der Waals surface area contributed by atoms with E-state index in [1.54, 1.807) is 18.0 Å². The maximum Gasteiger partial charge on any atom is 0.143 e. The lowest BCUT2D eigenvalue weighted by Crippen LogP contribution is -2.13. The van der Waals surface area contributed by atoms with Gasteiger partial charge in [0.1, 0.15) is 16.6 Å². The van der Waals surface area contributed by atoms with Crippen LogP contribution in [0.2, 0.25) is 0 Å². The number of nitrogen functional groups attached to an aromatic ring is 1. The molecule has 0 unspecified atom stereocenters. The van der Waals surface area contributed by atoms with Crippen LogP contribution in [0.1, 0.15) is 16.8 Å². The van der Waals surface area contributed by atoms with Gasteiger partial charge in [-0.2, -0.15) is 0 Å². The first-order valence-electron chi connectivity index (χ1n) is 5.50. The predicted molar refractivity (Wildman–Crippen MR) is 73.8 cm³/mol. The summed E-state index contributed by atoms with van der Waals surface area (Å²) in [6.07, 6.45) is 3.18. The van der Waals surface area contributed by atoms with E-state index >= 15 is 0 Å². The van der Waals surface area contributed by atoms with Gasteiger partial charge in [-0.15, -0.1) is 11.8 Å². The molecule has 0 aliphatic carbocycles. The molecule has 0 aliphatic rings. The number of hydrogen-bond donors (Lipinski definition) is 2. The van der Waals surface area contributed by atoms with Crippen LogP contribution in [0.4, 0.5) is 0 Å². The summed E-state index contributed by atoms with van der Waals surface area (Å²) >= 11 is 1.62. The lowest BCUT2D eigenvalue weighted by atomic mass is 10.1. The average Bonchev–Trinajstić information content (AvgIpc) is 2.38. The highest BCUT2D eigenvalue weighted by Gasteiger charge is 2.02. The summed E-state index contributed by atoms with van der Waals surface area (Å²) in [4.78, 5) is 8.30. The highest BCUT2D eigenvalue weighted by Crippen LogP contribution is 2.21. The Bertz CT molecular complexity index is 551. The summed E-state index contributed by atoms with van der Waals surface area (Å²) in [5.41, 5.74) is 8.30. The summed E-state index contributed by atoms with van der Waals surface area (Å²) in [7, 11) is 0. The lowest BCUT2D eigenvalue weighted by Gasteiger charge is -2.04. The summed E-state index contributed by atoms with van der Waals surface area (Å²) in [6.45, 7) is 2.10. The Morgan fingerprint density at radius 1 is 1.28 bits per heavy atom. The molecular formula is C13H14N4S. The van der Waals surface area contributed by atoms with Crippen LogP contribution in [-0.2, 0) is 5.75 Å². The normalized spacial score (nSPS) is 10.3. The second-order valence-electron chi connectivity index (χ2n) is 3.87. The molecule has 0 fully saturated rings. The number of nitrogens with one attached hydrogen (secondary N) is 1. The van der Waals surface area contributed by atoms with Gasteiger partial charge in [-0.05, 0) is 18.1 Å². The quantitative estimate of drug-likeness (QED) is 0.501. The van der Waals surface area contributed by atoms with E-state index < -0.39 is 0 Å². The smallest absolute Gasteiger partial charge is 0.143 e. The van der Waals surface area contributed by atoms with Crippen LogP contribution in [0.5, 0.6) is 0 Å². The van der Waals surface area contributed by atoms with Gasteiger partial charge in [0.2, 0.25) is 0 Å². The first-order valence-corrected chi connectivity index (χ1v) is 6.49. The third-order valence-corrected chi connectivity index (χ3v) is 3.50. The number of rotatable bonds is 4. The number of nitrogens with zero attached hydrogens (tertiary/aromatic N) is 2. The van der Waals surface area contributed by atoms with E-state index in [2.05, 4.69) is 29.0 Å². The van der Waals surface area contributed by atoms with Crippen molar-refractivity contribution < 1.29 is 0 Å². The van der Waals surface area contributed by atoms with Crippen LogP contribution >= 0.6 is 11.8 Å². The summed E-state index contributed by atoms with van der Waals surface area (Å²) in [6, 6.07) is 8.28. The van der Waals surface area contributed by atoms with Crippen molar-refractivity contribution in [1.82, 2.24) is 9.97 Å². The van der Waals surface area contributed by atoms with E-state index in [9.17, 15) is 0 Å². The number of benzene rings is 1. The molecular weight excluding hydrogens is 244 g/mol. The summed E-state index contributed by atoms with van der Waals surface area (Å²) in [5.74, 6) is 0.804. The van der Waals surface area contributed by atoms with Gasteiger partial charge in [0.15, 0.2) is 0 Å². The van der Waals surface area contributed by atoms with E-state index in [4.69, 9.17) is 11.1 Å². The first kappa shape index (κ1) is 12.6. The Morgan fingerprint density at radius 2 is 2.06 bits per heavy atom. The highest BCUT2D eigenvalue weighted by molar-refractivity contribution is 7.98. The summed E-state index contributed by atoms with van der Waals surface area (Å²) in [5, 5.41) is 8.08. The van der Waals surface area contributed by atoms with Gasteiger partial charge < -0.3 is 5.73 Å². The molecule has 92 valence electrons. The fourth-order valence-electron chi connectivity index (χ4n) is 1.45. The Balaban J connectivity index is 2.02. The van der Waals surface area contributed by atoms with Crippen LogP contribution in [0, 0.1) is 12.3 Å². The monoisotopic (exact) mass is 258 g/mol. The van der Waals surface area contributed by atoms with Gasteiger partial charge in [0, 0.05) is 5.75 Å². The van der Waals surface area contributed by atoms with E-state index in [0.717, 1.165) is 10.8 Å². The molecule has 0 amide bonds. The maximum absolute atomic E-state index is 7.24. The van der Waals surface area contributed by atoms with Gasteiger partial charge in [-0.3, -0.25) is 5.41 Å². The molecule has 18 heavy (non-hydrogen) atoms. The molecule has 5 heteroatoms. The van der Waals surface area contributed by atoms with Crippen LogP contribution in [0.15, 0.2) is 41.7 Å². The van der Waals surface area contributed by atoms with Gasteiger partial charge in [0.25, 0.3) is 0 Å². The highest BCUT2D eigenvalue weighted by atomic mass is 32.2. The molecule has 0 saturated carbocycles. The molecule has 0 saturated heterocycles. The van der Waals surface area contributed by atoms with Crippen molar-refractivity contribution in [2.45, 2.75) is 17.7 Å². The molecule has 0 radical (unpaired) electrons. The Labute approximate surface area is 110 Å². The number of nitrogens with two attached hydrogens (primary N) is 1. The van der Waals surface area contributed by atoms with Crippen molar-refractivity contribution >= 4 is 17.6 Å². The van der Waals surface area contributed by atoms with E-state index in [1.807, 2.05) is 12.1 Å². The molecule has 1 aromatic heterocycles. The standard InChI is InChI=1S/C13H14N4S/c1-9-4-2-3-5-10(9)8-18-12-7-16-11(6-17-12)13(14)15/h2-7H,8H2,1H3,(H3,14,15). The van der Waals surface area contributed by atoms with Crippen molar-refractivity contribution in [2.24, 2.45) is 5.73 Å². The first-order chi connectivity index (χ1) is 8.66. The second kappa shape index (κ2) is 5.64. The van der Waals surface area contributed by atoms with Crippen LogP contribution in [-0.4, -0.2) is 15.8 Å². The third-order valence-electron chi connectivity index (χ3n) is 2.54. The van der Waals surface area contributed by atoms with Gasteiger partial charge in [0.05, 0.1) is 12.4 Å². The molecule has 0 atom stereocenters. The minimum atomic E-state index is -0.0575. The van der Waals surface area contributed by atoms with Crippen molar-refractivity contribution in [3.05, 3.63) is 53.5 Å². The Morgan fingerprint density at radius 3 is 2.67 bits per heavy atom. The molecule has 1 heterocycles. The van der Waals surface area contributed by atoms with E-state index in [1.165, 1.54) is 17.3 Å². The molecule has 3 N–H and O–H groups in total. The average molecular weight is 258 g/mol. The zero-order valence-corrected chi connectivity index (χ0v) is 10.9. The van der Waals surface area contributed by atoms with Gasteiger partial charge in [-0.1, -0.05) is 24.3 Å². The van der Waals surface area contributed by atoms with Crippen molar-refractivity contribution in [3.8, 4) is 0 Å². The number of thioether (sulfide) groups is 1. The van der Waals surface area contributed by atoms with Crippen LogP contribution in [0.25, 0.3) is 0 Å². The molecule has 2 aromatic rings. The zero-order valence-electron chi connectivity index (χ0n) is 10.1. The molecule has 4 nitrogen and oxygen atoms in total. The fraction of sp³-hybridized carbons (Fsp3) is 0.154. The topological polar surface area (TPSA) is 75.7 Å². The second-order valence-corrected chi connectivity index (χ2v) is 4.86. The molecule has 0 bridgehead atoms. The predicted octanol–water partition coefficient (Wildman–Crippen LogP) is 2.36. The number of aryl methyl sites for hydroxylation is 1. The minimum absolute atomic E-state index is 0.0575. The SMILES string of the molecule is Cc1ccccc1CSc1cnc(C(=N)N)cn1. The van der Waals surface area contributed by atoms with Crippen LogP contribution < -0.4 is 5.73 Å². The Kier molecular flexibility index (Phi) is 3.94. The van der Waals surface area contributed by atoms with Crippen molar-refractivity contribution in [1.29, 1.82) is 5.41 Å². The van der Waals surface area contributed by atoms with Gasteiger partial charge >= 0.3 is 0 Å². The summed E-state index contributed by atoms with van der Waals surface area (Å²) < 4.78 is 0. The fourth-order valence-corrected chi connectivity index (χ4v) is 2.34. The maximum atomic E-state index is 7.24. The zero-order chi connectivity index (χ0) is 13.0. The molecule has 0 aliphatic heterocycles. The molecule has 2 rings (SSSR count). The van der Waals surface area contributed by atoms with Crippen LogP contribution in [0.3, 0.4) is 0 Å². The van der Waals surface area contributed by atoms with Gasteiger partial charge in [-0.25, -0.2) is 9.97 Å². The minimum Gasteiger partial charge on any atom is -0.382 e. The van der Waals surface area contributed by atoms with Crippen molar-refractivity contribution in [3.63, 3.8) is 0 Å². The Hall–Kier alpha value is -1.88. The largest absolute Gasteiger partial charge is 0.382 e. The van der Waals surface area contributed by atoms with E-state index in [-0.39, 0.29) is 5.84 Å². The van der Waals surface area contributed by atoms with E-state index in [0.29, 0.717) is 5.69 Å². The number of aromatic nitrogens is 2. The number of hydrogen-bond acceptors (Lipinski definition) is 4. The molecule has 1 aromatic carbocycles. The third kappa shape index (κ3) is 3.07. The number of amidine groups is 1. The molecule has 0 spiro atoms. The lowest BCUT2D eigenvalue weighted by molar-refractivity contribution is 1.04. The van der Waals surface area contributed by atoms with Crippen molar-refractivity contribution in [2.75, 3.05) is 0 Å².